The number of hydrogen-bond donors (Lipinski definition) is 0. The van der Waals surface area contributed by atoms with E-state index in [0.29, 0.717) is 6.04 Å². The van der Waals surface area contributed by atoms with Crippen molar-refractivity contribution in [1.82, 2.24) is 9.80 Å². The van der Waals surface area contributed by atoms with E-state index in [0.717, 1.165) is 32.7 Å². The molecule has 0 aromatic heterocycles. The van der Waals surface area contributed by atoms with Crippen LogP contribution < -0.4 is 0 Å². The van der Waals surface area contributed by atoms with Gasteiger partial charge in [0.1, 0.15) is 0 Å². The number of piperazine rings is 1. The molecule has 26 heavy (non-hydrogen) atoms. The van der Waals surface area contributed by atoms with Gasteiger partial charge in [0.2, 0.25) is 0 Å². The molecule has 0 aliphatic carbocycles. The third kappa shape index (κ3) is 4.21. The van der Waals surface area contributed by atoms with Gasteiger partial charge in [-0.25, -0.2) is 0 Å². The van der Waals surface area contributed by atoms with Crippen molar-refractivity contribution in [2.24, 2.45) is 0 Å². The van der Waals surface area contributed by atoms with Crippen molar-refractivity contribution in [3.63, 3.8) is 0 Å². The van der Waals surface area contributed by atoms with Crippen molar-refractivity contribution in [1.29, 1.82) is 0 Å². The normalized spacial score (nSPS) is 18.7. The van der Waals surface area contributed by atoms with Crippen LogP contribution in [0.25, 0.3) is 0 Å². The van der Waals surface area contributed by atoms with Crippen LogP contribution >= 0.6 is 0 Å². The van der Waals surface area contributed by atoms with E-state index < -0.39 is 0 Å². The van der Waals surface area contributed by atoms with E-state index >= 15 is 0 Å². The largest absolute Gasteiger partial charge is 0.296 e. The highest BCUT2D eigenvalue weighted by molar-refractivity contribution is 5.22. The van der Waals surface area contributed by atoms with Gasteiger partial charge in [0.25, 0.3) is 0 Å². The SMILES string of the molecule is c1ccc(CN2CCN(Cc3ccccc3)[C@H](c3ccccc3)C2)cc1. The average molecular weight is 342 g/mol. The van der Waals surface area contributed by atoms with Crippen LogP contribution in [-0.4, -0.2) is 29.4 Å². The summed E-state index contributed by atoms with van der Waals surface area (Å²) < 4.78 is 0. The van der Waals surface area contributed by atoms with Crippen LogP contribution in [0.5, 0.6) is 0 Å². The Balaban J connectivity index is 1.52. The van der Waals surface area contributed by atoms with Crippen LogP contribution in [0.3, 0.4) is 0 Å². The fourth-order valence-electron chi connectivity index (χ4n) is 3.86. The van der Waals surface area contributed by atoms with E-state index in [4.69, 9.17) is 0 Å². The molecule has 3 aromatic rings. The standard InChI is InChI=1S/C24H26N2/c1-4-10-21(11-5-1)18-25-16-17-26(19-22-12-6-2-7-13-22)24(20-25)23-14-8-3-9-15-23/h1-15,24H,16-20H2/t24-/m0/s1. The highest BCUT2D eigenvalue weighted by atomic mass is 15.3. The van der Waals surface area contributed by atoms with Gasteiger partial charge in [-0.05, 0) is 16.7 Å². The van der Waals surface area contributed by atoms with E-state index in [2.05, 4.69) is 101 Å². The molecule has 1 atom stereocenters. The van der Waals surface area contributed by atoms with Crippen LogP contribution in [0.4, 0.5) is 0 Å². The molecule has 0 saturated carbocycles. The highest BCUT2D eigenvalue weighted by Gasteiger charge is 2.28. The quantitative estimate of drug-likeness (QED) is 0.660. The van der Waals surface area contributed by atoms with Crippen molar-refractivity contribution in [2.75, 3.05) is 19.6 Å². The molecule has 3 aromatic carbocycles. The molecule has 132 valence electrons. The zero-order valence-electron chi connectivity index (χ0n) is 15.2. The van der Waals surface area contributed by atoms with E-state index in [9.17, 15) is 0 Å². The predicted molar refractivity (Wildman–Crippen MR) is 108 cm³/mol. The molecular formula is C24H26N2. The van der Waals surface area contributed by atoms with Gasteiger partial charge in [-0.3, -0.25) is 9.80 Å². The number of rotatable bonds is 5. The van der Waals surface area contributed by atoms with Gasteiger partial charge in [0, 0.05) is 38.8 Å². The lowest BCUT2D eigenvalue weighted by atomic mass is 10.0. The Morgan fingerprint density at radius 3 is 1.77 bits per heavy atom. The summed E-state index contributed by atoms with van der Waals surface area (Å²) in [6, 6.07) is 33.1. The van der Waals surface area contributed by atoms with E-state index in [1.165, 1.54) is 16.7 Å². The van der Waals surface area contributed by atoms with Crippen molar-refractivity contribution in [3.05, 3.63) is 108 Å². The lowest BCUT2D eigenvalue weighted by Gasteiger charge is -2.42. The summed E-state index contributed by atoms with van der Waals surface area (Å²) in [5.74, 6) is 0. The Bertz CT molecular complexity index is 786. The minimum Gasteiger partial charge on any atom is -0.296 e. The highest BCUT2D eigenvalue weighted by Crippen LogP contribution is 2.27. The number of hydrogen-bond acceptors (Lipinski definition) is 2. The molecule has 1 saturated heterocycles. The molecular weight excluding hydrogens is 316 g/mol. The molecule has 0 unspecified atom stereocenters. The minimum atomic E-state index is 0.439. The van der Waals surface area contributed by atoms with Crippen LogP contribution in [0.2, 0.25) is 0 Å². The lowest BCUT2D eigenvalue weighted by molar-refractivity contribution is 0.0636. The van der Waals surface area contributed by atoms with Crippen LogP contribution in [0, 0.1) is 0 Å². The van der Waals surface area contributed by atoms with Gasteiger partial charge in [0.15, 0.2) is 0 Å². The van der Waals surface area contributed by atoms with Crippen molar-refractivity contribution in [3.8, 4) is 0 Å². The maximum Gasteiger partial charge on any atom is 0.0479 e. The zero-order valence-corrected chi connectivity index (χ0v) is 15.2. The third-order valence-corrected chi connectivity index (χ3v) is 5.24. The smallest absolute Gasteiger partial charge is 0.0479 e. The minimum absolute atomic E-state index is 0.439. The second-order valence-electron chi connectivity index (χ2n) is 7.10. The molecule has 2 heteroatoms. The first kappa shape index (κ1) is 17.0. The van der Waals surface area contributed by atoms with Crippen molar-refractivity contribution >= 4 is 0 Å². The Morgan fingerprint density at radius 1 is 0.615 bits per heavy atom. The van der Waals surface area contributed by atoms with E-state index in [1.807, 2.05) is 0 Å². The average Bonchev–Trinajstić information content (AvgIpc) is 2.71. The summed E-state index contributed by atoms with van der Waals surface area (Å²) in [4.78, 5) is 5.22. The zero-order chi connectivity index (χ0) is 17.6. The van der Waals surface area contributed by atoms with Crippen molar-refractivity contribution < 1.29 is 0 Å². The molecule has 1 aliphatic heterocycles. The molecule has 0 amide bonds. The Morgan fingerprint density at radius 2 is 1.15 bits per heavy atom. The molecule has 2 nitrogen and oxygen atoms in total. The number of benzene rings is 3. The first-order valence-electron chi connectivity index (χ1n) is 9.48. The van der Waals surface area contributed by atoms with Gasteiger partial charge >= 0.3 is 0 Å². The lowest BCUT2D eigenvalue weighted by Crippen LogP contribution is -2.47. The van der Waals surface area contributed by atoms with Gasteiger partial charge in [-0.1, -0.05) is 91.0 Å². The molecule has 0 radical (unpaired) electrons. The molecule has 4 rings (SSSR count). The molecule has 1 aliphatic rings. The molecule has 0 N–H and O–H groups in total. The monoisotopic (exact) mass is 342 g/mol. The molecule has 1 fully saturated rings. The fraction of sp³-hybridized carbons (Fsp3) is 0.250. The maximum absolute atomic E-state index is 2.63. The molecule has 0 spiro atoms. The summed E-state index contributed by atoms with van der Waals surface area (Å²) >= 11 is 0. The Hall–Kier alpha value is -2.42. The summed E-state index contributed by atoms with van der Waals surface area (Å²) in [6.07, 6.45) is 0. The summed E-state index contributed by atoms with van der Waals surface area (Å²) in [6.45, 7) is 5.33. The van der Waals surface area contributed by atoms with E-state index in [1.54, 1.807) is 0 Å². The van der Waals surface area contributed by atoms with Crippen LogP contribution in [0.15, 0.2) is 91.0 Å². The topological polar surface area (TPSA) is 6.48 Å². The first-order chi connectivity index (χ1) is 12.9. The summed E-state index contributed by atoms with van der Waals surface area (Å²) in [5, 5.41) is 0. The molecule has 0 bridgehead atoms. The van der Waals surface area contributed by atoms with Crippen LogP contribution in [0.1, 0.15) is 22.7 Å². The van der Waals surface area contributed by atoms with Crippen LogP contribution in [-0.2, 0) is 13.1 Å². The summed E-state index contributed by atoms with van der Waals surface area (Å²) in [7, 11) is 0. The number of nitrogens with zero attached hydrogens (tertiary/aromatic N) is 2. The van der Waals surface area contributed by atoms with E-state index in [-0.39, 0.29) is 0 Å². The van der Waals surface area contributed by atoms with Crippen molar-refractivity contribution in [2.45, 2.75) is 19.1 Å². The second-order valence-corrected chi connectivity index (χ2v) is 7.10. The predicted octanol–water partition coefficient (Wildman–Crippen LogP) is 4.75. The molecule has 1 heterocycles. The van der Waals surface area contributed by atoms with Gasteiger partial charge in [0.05, 0.1) is 0 Å². The second kappa shape index (κ2) is 8.31. The first-order valence-corrected chi connectivity index (χ1v) is 9.48. The third-order valence-electron chi connectivity index (χ3n) is 5.24. The fourth-order valence-corrected chi connectivity index (χ4v) is 3.86. The Labute approximate surface area is 156 Å². The van der Waals surface area contributed by atoms with Gasteiger partial charge in [-0.15, -0.1) is 0 Å². The summed E-state index contributed by atoms with van der Waals surface area (Å²) in [5.41, 5.74) is 4.21. The maximum atomic E-state index is 2.63. The van der Waals surface area contributed by atoms with Gasteiger partial charge < -0.3 is 0 Å². The van der Waals surface area contributed by atoms with Gasteiger partial charge in [-0.2, -0.15) is 0 Å². The Kier molecular flexibility index (Phi) is 5.44.